The van der Waals surface area contributed by atoms with Gasteiger partial charge in [-0.2, -0.15) is 4.21 Å². The Morgan fingerprint density at radius 2 is 1.96 bits per heavy atom. The Kier molecular flexibility index (Phi) is 4.53. The van der Waals surface area contributed by atoms with Crippen LogP contribution in [0.1, 0.15) is 10.4 Å². The van der Waals surface area contributed by atoms with Crippen molar-refractivity contribution in [1.82, 2.24) is 0 Å². The Morgan fingerprint density at radius 1 is 1.28 bits per heavy atom. The van der Waals surface area contributed by atoms with E-state index in [2.05, 4.69) is 0 Å². The zero-order chi connectivity index (χ0) is 18.1. The number of hydrogen-bond donors (Lipinski definition) is 2. The summed E-state index contributed by atoms with van der Waals surface area (Å²) in [4.78, 5) is 11.3. The second-order valence-corrected chi connectivity index (χ2v) is 5.70. The minimum Gasteiger partial charge on any atom is -0.478 e. The smallest absolute Gasteiger partial charge is 0.339 e. The number of carbonyl (C=O) groups is 1. The van der Waals surface area contributed by atoms with Gasteiger partial charge in [-0.15, -0.1) is 4.28 Å². The molecule has 9 heteroatoms. The molecule has 1 aromatic heterocycles. The van der Waals surface area contributed by atoms with Crippen molar-refractivity contribution in [2.75, 3.05) is 12.1 Å². The molecule has 2 N–H and O–H groups in total. The van der Waals surface area contributed by atoms with Gasteiger partial charge < -0.3 is 9.52 Å². The number of carboxylic acid groups (broad SMARTS) is 1. The van der Waals surface area contributed by atoms with Gasteiger partial charge in [-0.3, -0.25) is 4.55 Å². The molecular formula is C16H12FNO6S. The summed E-state index contributed by atoms with van der Waals surface area (Å²) in [6.45, 7) is 0. The highest BCUT2D eigenvalue weighted by atomic mass is 32.2. The quantitative estimate of drug-likeness (QED) is 0.528. The molecule has 2 aromatic carbocycles. The van der Waals surface area contributed by atoms with Crippen LogP contribution in [0.3, 0.4) is 0 Å². The molecule has 1 atom stereocenters. The number of benzene rings is 2. The van der Waals surface area contributed by atoms with E-state index in [1.54, 1.807) is 6.07 Å². The van der Waals surface area contributed by atoms with Crippen LogP contribution in [0, 0.1) is 5.82 Å². The molecule has 0 fully saturated rings. The second-order valence-electron chi connectivity index (χ2n) is 5.12. The van der Waals surface area contributed by atoms with E-state index in [0.717, 1.165) is 11.3 Å². The van der Waals surface area contributed by atoms with Gasteiger partial charge in [0.2, 0.25) is 0 Å². The summed E-state index contributed by atoms with van der Waals surface area (Å²) in [6, 6.07) is 8.54. The maximum Gasteiger partial charge on any atom is 0.339 e. The number of halogens is 1. The molecule has 1 unspecified atom stereocenters. The minimum atomic E-state index is -2.56. The predicted octanol–water partition coefficient (Wildman–Crippen LogP) is 3.44. The second kappa shape index (κ2) is 6.63. The topological polar surface area (TPSA) is 100 Å². The molecule has 0 aliphatic rings. The summed E-state index contributed by atoms with van der Waals surface area (Å²) in [7, 11) is 1.41. The Balaban J connectivity index is 2.24. The van der Waals surface area contributed by atoms with Gasteiger partial charge in [-0.25, -0.2) is 14.2 Å². The molecule has 0 saturated carbocycles. The zero-order valence-corrected chi connectivity index (χ0v) is 13.6. The number of anilines is 1. The number of nitrogens with zero attached hydrogens (tertiary/aromatic N) is 1. The lowest BCUT2D eigenvalue weighted by molar-refractivity contribution is 0.0698. The van der Waals surface area contributed by atoms with Crippen LogP contribution in [0.2, 0.25) is 0 Å². The fourth-order valence-electron chi connectivity index (χ4n) is 2.49. The van der Waals surface area contributed by atoms with Crippen molar-refractivity contribution in [3.8, 4) is 11.1 Å². The van der Waals surface area contributed by atoms with Crippen molar-refractivity contribution in [3.63, 3.8) is 0 Å². The van der Waals surface area contributed by atoms with Gasteiger partial charge in [0.15, 0.2) is 0 Å². The molecule has 0 amide bonds. The van der Waals surface area contributed by atoms with Gasteiger partial charge in [0, 0.05) is 24.1 Å². The first-order chi connectivity index (χ1) is 11.9. The Hall–Kier alpha value is -2.75. The van der Waals surface area contributed by atoms with Crippen molar-refractivity contribution in [3.05, 3.63) is 54.0 Å². The maximum absolute atomic E-state index is 13.2. The first kappa shape index (κ1) is 17.1. The average Bonchev–Trinajstić information content (AvgIpc) is 2.97. The number of aromatic carboxylic acids is 1. The summed E-state index contributed by atoms with van der Waals surface area (Å²) in [6.07, 6.45) is 1.11. The molecule has 25 heavy (non-hydrogen) atoms. The normalized spacial score (nSPS) is 12.3. The van der Waals surface area contributed by atoms with Gasteiger partial charge in [-0.1, -0.05) is 12.1 Å². The fraction of sp³-hybridized carbons (Fsp3) is 0.0625. The Bertz CT molecular complexity index is 969. The third kappa shape index (κ3) is 3.38. The van der Waals surface area contributed by atoms with Crippen molar-refractivity contribution in [2.45, 2.75) is 0 Å². The lowest BCUT2D eigenvalue weighted by Gasteiger charge is -2.19. The van der Waals surface area contributed by atoms with Crippen LogP contribution < -0.4 is 5.06 Å². The summed E-state index contributed by atoms with van der Waals surface area (Å²) >= 11 is -2.56. The van der Waals surface area contributed by atoms with Crippen LogP contribution in [0.15, 0.2) is 47.1 Å². The number of fused-ring (bicyclic) bond motifs is 1. The van der Waals surface area contributed by atoms with E-state index in [-0.39, 0.29) is 11.1 Å². The summed E-state index contributed by atoms with van der Waals surface area (Å²) in [5, 5.41) is 10.6. The molecule has 0 spiro atoms. The highest BCUT2D eigenvalue weighted by Gasteiger charge is 2.19. The lowest BCUT2D eigenvalue weighted by Crippen LogP contribution is -2.19. The Labute approximate surface area is 143 Å². The Morgan fingerprint density at radius 3 is 2.56 bits per heavy atom. The van der Waals surface area contributed by atoms with E-state index in [0.29, 0.717) is 22.2 Å². The van der Waals surface area contributed by atoms with Gasteiger partial charge >= 0.3 is 17.3 Å². The fourth-order valence-corrected chi connectivity index (χ4v) is 2.76. The lowest BCUT2D eigenvalue weighted by atomic mass is 10.00. The van der Waals surface area contributed by atoms with Crippen molar-refractivity contribution < 1.29 is 31.8 Å². The molecule has 3 rings (SSSR count). The SMILES string of the molecule is CN(OS(=O)O)c1cc2occ(C(=O)O)c2cc1-c1ccc(F)cc1. The molecule has 130 valence electrons. The predicted molar refractivity (Wildman–Crippen MR) is 88.8 cm³/mol. The molecule has 0 aliphatic carbocycles. The number of hydrogen-bond acceptors (Lipinski definition) is 5. The highest BCUT2D eigenvalue weighted by Crippen LogP contribution is 2.36. The molecule has 0 radical (unpaired) electrons. The summed E-state index contributed by atoms with van der Waals surface area (Å²) < 4.78 is 43.1. The van der Waals surface area contributed by atoms with Gasteiger partial charge in [0.1, 0.15) is 23.2 Å². The van der Waals surface area contributed by atoms with Gasteiger partial charge in [0.25, 0.3) is 0 Å². The minimum absolute atomic E-state index is 0.0285. The van der Waals surface area contributed by atoms with Crippen LogP contribution in [0.25, 0.3) is 22.1 Å². The third-order valence-electron chi connectivity index (χ3n) is 3.59. The first-order valence-corrected chi connectivity index (χ1v) is 7.97. The van der Waals surface area contributed by atoms with Crippen LogP contribution in [0.5, 0.6) is 0 Å². The van der Waals surface area contributed by atoms with E-state index in [1.165, 1.54) is 37.4 Å². The van der Waals surface area contributed by atoms with Crippen LogP contribution in [0.4, 0.5) is 10.1 Å². The number of furan rings is 1. The maximum atomic E-state index is 13.2. The highest BCUT2D eigenvalue weighted by molar-refractivity contribution is 7.74. The standard InChI is InChI=1S/C16H12FNO6S/c1-18(24-25(21)22)14-7-15-12(13(8-23-15)16(19)20)6-11(14)9-2-4-10(17)5-3-9/h2-8H,1H3,(H,19,20)(H,21,22). The van der Waals surface area contributed by atoms with E-state index >= 15 is 0 Å². The monoisotopic (exact) mass is 365 g/mol. The molecule has 0 bridgehead atoms. The molecule has 0 saturated heterocycles. The molecule has 1 heterocycles. The molecular weight excluding hydrogens is 353 g/mol. The van der Waals surface area contributed by atoms with Gasteiger partial charge in [0.05, 0.1) is 5.69 Å². The largest absolute Gasteiger partial charge is 0.478 e. The number of carboxylic acids is 1. The number of rotatable bonds is 5. The third-order valence-corrected chi connectivity index (χ3v) is 3.94. The van der Waals surface area contributed by atoms with E-state index in [9.17, 15) is 18.5 Å². The van der Waals surface area contributed by atoms with E-state index in [1.807, 2.05) is 0 Å². The van der Waals surface area contributed by atoms with Crippen LogP contribution in [-0.2, 0) is 15.6 Å². The summed E-state index contributed by atoms with van der Waals surface area (Å²) in [5.41, 5.74) is 1.61. The van der Waals surface area contributed by atoms with E-state index < -0.39 is 23.1 Å². The van der Waals surface area contributed by atoms with E-state index in [4.69, 9.17) is 13.3 Å². The van der Waals surface area contributed by atoms with Crippen molar-refractivity contribution >= 4 is 34.0 Å². The number of hydroxylamine groups is 1. The van der Waals surface area contributed by atoms with Crippen LogP contribution >= 0.6 is 0 Å². The molecule has 7 nitrogen and oxygen atoms in total. The first-order valence-electron chi connectivity index (χ1n) is 6.94. The van der Waals surface area contributed by atoms with Crippen molar-refractivity contribution in [2.24, 2.45) is 0 Å². The molecule has 3 aromatic rings. The van der Waals surface area contributed by atoms with Crippen molar-refractivity contribution in [1.29, 1.82) is 0 Å². The zero-order valence-electron chi connectivity index (χ0n) is 12.8. The average molecular weight is 365 g/mol. The van der Waals surface area contributed by atoms with Crippen LogP contribution in [-0.4, -0.2) is 26.9 Å². The summed E-state index contributed by atoms with van der Waals surface area (Å²) in [5.74, 6) is -1.58. The van der Waals surface area contributed by atoms with Gasteiger partial charge in [-0.05, 0) is 23.8 Å². The molecule has 0 aliphatic heterocycles.